The summed E-state index contributed by atoms with van der Waals surface area (Å²) in [6.45, 7) is 0. The van der Waals surface area contributed by atoms with E-state index >= 15 is 0 Å². The van der Waals surface area contributed by atoms with Crippen LogP contribution < -0.4 is 4.90 Å². The van der Waals surface area contributed by atoms with Gasteiger partial charge in [0.15, 0.2) is 0 Å². The average Bonchev–Trinajstić information content (AvgIpc) is 3.58. The van der Waals surface area contributed by atoms with Crippen LogP contribution in [0, 0.1) is 0 Å². The minimum Gasteiger partial charge on any atom is -0.309 e. The van der Waals surface area contributed by atoms with Crippen LogP contribution >= 0.6 is 11.3 Å². The predicted octanol–water partition coefficient (Wildman–Crippen LogP) is 14.3. The Labute approximate surface area is 294 Å². The Hall–Kier alpha value is -6.22. The second kappa shape index (κ2) is 11.7. The van der Waals surface area contributed by atoms with E-state index in [2.05, 4.69) is 193 Å². The Bertz CT molecular complexity index is 2860. The number of hydrogen-bond acceptors (Lipinski definition) is 2. The highest BCUT2D eigenvalue weighted by atomic mass is 32.1. The number of fused-ring (bicyclic) bond motifs is 7. The zero-order valence-corrected chi connectivity index (χ0v) is 28.1. The van der Waals surface area contributed by atoms with Crippen molar-refractivity contribution in [2.75, 3.05) is 4.90 Å². The molecule has 0 amide bonds. The van der Waals surface area contributed by atoms with Crippen LogP contribution in [0.15, 0.2) is 188 Å². The molecule has 9 aromatic carbocycles. The van der Waals surface area contributed by atoms with Gasteiger partial charge in [0.05, 0.1) is 11.4 Å². The van der Waals surface area contributed by atoms with Gasteiger partial charge < -0.3 is 4.90 Å². The van der Waals surface area contributed by atoms with Gasteiger partial charge in [0, 0.05) is 36.6 Å². The van der Waals surface area contributed by atoms with Crippen LogP contribution in [0.1, 0.15) is 0 Å². The van der Waals surface area contributed by atoms with Gasteiger partial charge in [0.1, 0.15) is 0 Å². The molecule has 0 saturated heterocycles. The summed E-state index contributed by atoms with van der Waals surface area (Å²) in [5, 5.41) is 10.1. The molecule has 0 bridgehead atoms. The fourth-order valence-electron chi connectivity index (χ4n) is 7.74. The number of rotatable bonds is 5. The zero-order chi connectivity index (χ0) is 33.0. The minimum atomic E-state index is 1.13. The van der Waals surface area contributed by atoms with Crippen molar-refractivity contribution in [2.24, 2.45) is 0 Å². The molecular weight excluding hydrogens is 623 g/mol. The van der Waals surface area contributed by atoms with Gasteiger partial charge in [-0.2, -0.15) is 0 Å². The third-order valence-corrected chi connectivity index (χ3v) is 11.2. The maximum absolute atomic E-state index is 2.47. The van der Waals surface area contributed by atoms with E-state index in [4.69, 9.17) is 0 Å². The van der Waals surface area contributed by atoms with Gasteiger partial charge in [-0.1, -0.05) is 152 Å². The molecule has 0 aliphatic carbocycles. The highest BCUT2D eigenvalue weighted by Gasteiger charge is 2.22. The van der Waals surface area contributed by atoms with E-state index in [9.17, 15) is 0 Å². The van der Waals surface area contributed by atoms with Crippen LogP contribution in [-0.4, -0.2) is 0 Å². The largest absolute Gasteiger partial charge is 0.309 e. The third-order valence-electron chi connectivity index (χ3n) is 10.0. The van der Waals surface area contributed by atoms with Gasteiger partial charge >= 0.3 is 0 Å². The highest BCUT2D eigenvalue weighted by molar-refractivity contribution is 7.26. The Balaban J connectivity index is 1.28. The number of nitrogens with zero attached hydrogens (tertiary/aromatic N) is 1. The van der Waals surface area contributed by atoms with Crippen LogP contribution in [0.2, 0.25) is 0 Å². The second-order valence-electron chi connectivity index (χ2n) is 12.9. The Kier molecular flexibility index (Phi) is 6.75. The number of benzene rings is 9. The van der Waals surface area contributed by atoms with Crippen molar-refractivity contribution in [2.45, 2.75) is 0 Å². The first-order chi connectivity index (χ1) is 24.8. The topological polar surface area (TPSA) is 3.24 Å². The Morgan fingerprint density at radius 2 is 0.940 bits per heavy atom. The lowest BCUT2D eigenvalue weighted by atomic mass is 9.92. The van der Waals surface area contributed by atoms with Crippen LogP contribution in [-0.2, 0) is 0 Å². The summed E-state index contributed by atoms with van der Waals surface area (Å²) in [6.07, 6.45) is 0. The summed E-state index contributed by atoms with van der Waals surface area (Å²) >= 11 is 1.90. The summed E-state index contributed by atoms with van der Waals surface area (Å²) in [4.78, 5) is 2.47. The third kappa shape index (κ3) is 4.61. The van der Waals surface area contributed by atoms with Crippen molar-refractivity contribution in [3.63, 3.8) is 0 Å². The maximum Gasteiger partial charge on any atom is 0.0555 e. The van der Waals surface area contributed by atoms with Crippen LogP contribution in [0.5, 0.6) is 0 Å². The summed E-state index contributed by atoms with van der Waals surface area (Å²) in [5.74, 6) is 0. The number of anilines is 3. The van der Waals surface area contributed by atoms with E-state index in [1.54, 1.807) is 0 Å². The molecule has 1 aromatic heterocycles. The predicted molar refractivity (Wildman–Crippen MR) is 217 cm³/mol. The van der Waals surface area contributed by atoms with Gasteiger partial charge in [-0.15, -0.1) is 11.3 Å². The smallest absolute Gasteiger partial charge is 0.0555 e. The summed E-state index contributed by atoms with van der Waals surface area (Å²) in [6, 6.07) is 68.7. The first-order valence-corrected chi connectivity index (χ1v) is 17.9. The van der Waals surface area contributed by atoms with Gasteiger partial charge in [-0.3, -0.25) is 0 Å². The average molecular weight is 654 g/mol. The molecule has 10 rings (SSSR count). The number of thiophene rings is 1. The molecule has 0 N–H and O–H groups in total. The van der Waals surface area contributed by atoms with Crippen LogP contribution in [0.3, 0.4) is 0 Å². The van der Waals surface area contributed by atoms with Crippen molar-refractivity contribution >= 4 is 80.9 Å². The second-order valence-corrected chi connectivity index (χ2v) is 13.9. The monoisotopic (exact) mass is 653 g/mol. The van der Waals surface area contributed by atoms with Crippen LogP contribution in [0.25, 0.3) is 74.7 Å². The van der Waals surface area contributed by atoms with Crippen molar-refractivity contribution in [1.29, 1.82) is 0 Å². The Morgan fingerprint density at radius 1 is 0.360 bits per heavy atom. The molecule has 1 nitrogen and oxygen atoms in total. The maximum atomic E-state index is 2.47. The van der Waals surface area contributed by atoms with Crippen molar-refractivity contribution < 1.29 is 0 Å². The molecule has 0 spiro atoms. The SMILES string of the molecule is c1ccc(-c2ccc(N(c3cccc4ccccc34)c3cccc4sc5c6ccccc6c(-c6cccc7ccccc67)cc5c34)cc2)cc1. The molecule has 0 atom stereocenters. The van der Waals surface area contributed by atoms with Gasteiger partial charge in [-0.25, -0.2) is 0 Å². The number of hydrogen-bond donors (Lipinski definition) is 0. The minimum absolute atomic E-state index is 1.13. The zero-order valence-electron chi connectivity index (χ0n) is 27.3. The molecule has 0 saturated carbocycles. The van der Waals surface area contributed by atoms with Crippen molar-refractivity contribution in [3.8, 4) is 22.3 Å². The van der Waals surface area contributed by atoms with E-state index in [-0.39, 0.29) is 0 Å². The fourth-order valence-corrected chi connectivity index (χ4v) is 8.99. The normalized spacial score (nSPS) is 11.6. The molecule has 234 valence electrons. The summed E-state index contributed by atoms with van der Waals surface area (Å²) in [7, 11) is 0. The molecule has 10 aromatic rings. The van der Waals surface area contributed by atoms with E-state index < -0.39 is 0 Å². The summed E-state index contributed by atoms with van der Waals surface area (Å²) < 4.78 is 2.60. The molecule has 50 heavy (non-hydrogen) atoms. The van der Waals surface area contributed by atoms with Gasteiger partial charge in [0.2, 0.25) is 0 Å². The van der Waals surface area contributed by atoms with Gasteiger partial charge in [-0.05, 0) is 80.2 Å². The fraction of sp³-hybridized carbons (Fsp3) is 0. The molecular formula is C48H31NS. The quantitative estimate of drug-likeness (QED) is 0.179. The van der Waals surface area contributed by atoms with Crippen molar-refractivity contribution in [3.05, 3.63) is 188 Å². The first-order valence-electron chi connectivity index (χ1n) is 17.1. The highest BCUT2D eigenvalue weighted by Crippen LogP contribution is 2.49. The van der Waals surface area contributed by atoms with Crippen LogP contribution in [0.4, 0.5) is 17.1 Å². The molecule has 0 aliphatic heterocycles. The summed E-state index contributed by atoms with van der Waals surface area (Å²) in [5.41, 5.74) is 8.42. The lowest BCUT2D eigenvalue weighted by Gasteiger charge is -2.28. The van der Waals surface area contributed by atoms with E-state index in [0.29, 0.717) is 0 Å². The molecule has 0 unspecified atom stereocenters. The lowest BCUT2D eigenvalue weighted by Crippen LogP contribution is -2.10. The molecule has 2 heteroatoms. The van der Waals surface area contributed by atoms with E-state index in [1.807, 2.05) is 11.3 Å². The Morgan fingerprint density at radius 3 is 1.74 bits per heavy atom. The lowest BCUT2D eigenvalue weighted by molar-refractivity contribution is 1.32. The molecule has 0 aliphatic rings. The molecule has 0 fully saturated rings. The van der Waals surface area contributed by atoms with Gasteiger partial charge in [0.25, 0.3) is 0 Å². The molecule has 1 heterocycles. The van der Waals surface area contributed by atoms with E-state index in [1.165, 1.54) is 80.4 Å². The van der Waals surface area contributed by atoms with Crippen molar-refractivity contribution in [1.82, 2.24) is 0 Å². The first kappa shape index (κ1) is 28.8. The molecule has 0 radical (unpaired) electrons. The van der Waals surface area contributed by atoms with E-state index in [0.717, 1.165) is 11.4 Å². The standard InChI is InChI=1S/C48H31NS/c1-2-13-32(14-3-1)33-27-29-36(30-28-33)49(44-24-11-18-35-16-5-7-20-38(35)44)45-25-12-26-46-47(45)43-31-42(40-21-8-9-22-41(40)48(43)50-46)39-23-10-17-34-15-4-6-19-37(34)39/h1-31H.